The van der Waals surface area contributed by atoms with E-state index in [0.717, 1.165) is 10.6 Å². The number of nitriles is 1. The molecule has 0 saturated carbocycles. The molecule has 0 radical (unpaired) electrons. The van der Waals surface area contributed by atoms with E-state index in [1.54, 1.807) is 55.3 Å². The van der Waals surface area contributed by atoms with Crippen LogP contribution in [0.3, 0.4) is 0 Å². The molecule has 138 valence electrons. The number of para-hydroxylation sites is 1. The van der Waals surface area contributed by atoms with Gasteiger partial charge < -0.3 is 4.74 Å². The molecule has 7 heteroatoms. The monoisotopic (exact) mass is 370 g/mol. The van der Waals surface area contributed by atoms with Crippen LogP contribution in [0.15, 0.2) is 98.4 Å². The number of ether oxygens (including phenoxy) is 1. The SMILES string of the molecule is N#CC1C=CC=CN=CN=CC=CN=c2ccccc2=CN=CC=NC=CO1. The second kappa shape index (κ2) is 13.1. The van der Waals surface area contributed by atoms with Gasteiger partial charge in [0.1, 0.15) is 18.7 Å². The minimum Gasteiger partial charge on any atom is -0.477 e. The number of rotatable bonds is 0. The third-order valence-electron chi connectivity index (χ3n) is 3.06. The summed E-state index contributed by atoms with van der Waals surface area (Å²) >= 11 is 0. The summed E-state index contributed by atoms with van der Waals surface area (Å²) in [5.41, 5.74) is 0. The predicted molar refractivity (Wildman–Crippen MR) is 113 cm³/mol. The molecular weight excluding hydrogens is 352 g/mol. The summed E-state index contributed by atoms with van der Waals surface area (Å²) in [5.74, 6) is 0. The van der Waals surface area contributed by atoms with Crippen LogP contribution in [0.4, 0.5) is 0 Å². The van der Waals surface area contributed by atoms with Gasteiger partial charge >= 0.3 is 0 Å². The zero-order chi connectivity index (χ0) is 19.7. The van der Waals surface area contributed by atoms with E-state index < -0.39 is 6.10 Å². The van der Waals surface area contributed by atoms with Gasteiger partial charge in [-0.25, -0.2) is 9.98 Å². The van der Waals surface area contributed by atoms with Crippen molar-refractivity contribution < 1.29 is 4.74 Å². The molecule has 0 bridgehead atoms. The number of hydrogen-bond acceptors (Lipinski definition) is 7. The number of nitrogens with zero attached hydrogens (tertiary/aromatic N) is 6. The van der Waals surface area contributed by atoms with Crippen LogP contribution < -0.4 is 10.6 Å². The zero-order valence-corrected chi connectivity index (χ0v) is 15.0. The normalized spacial score (nSPS) is 17.3. The first kappa shape index (κ1) is 20.1. The van der Waals surface area contributed by atoms with E-state index in [9.17, 15) is 0 Å². The number of hydrogen-bond donors (Lipinski definition) is 0. The Labute approximate surface area is 162 Å². The second-order valence-corrected chi connectivity index (χ2v) is 5.01. The standard InChI is InChI=1S/C21H18N6O/c22-16-20-7-3-4-9-25-18-26-10-5-11-27-21-8-2-1-6-19(21)17-24-13-12-23-14-15-28-20/h1-15,17-18,20H. The van der Waals surface area contributed by atoms with Crippen LogP contribution in [0.5, 0.6) is 0 Å². The Bertz CT molecular complexity index is 1020. The minimum absolute atomic E-state index is 0.719. The molecule has 1 aliphatic heterocycles. The lowest BCUT2D eigenvalue weighted by atomic mass is 10.3. The second-order valence-electron chi connectivity index (χ2n) is 5.01. The van der Waals surface area contributed by atoms with E-state index in [1.807, 2.05) is 30.3 Å². The Morgan fingerprint density at radius 1 is 0.857 bits per heavy atom. The first-order valence-electron chi connectivity index (χ1n) is 8.31. The average molecular weight is 370 g/mol. The summed E-state index contributed by atoms with van der Waals surface area (Å²) in [6, 6.07) is 9.62. The lowest BCUT2D eigenvalue weighted by molar-refractivity contribution is 0.233. The predicted octanol–water partition coefficient (Wildman–Crippen LogP) is 2.26. The highest BCUT2D eigenvalue weighted by atomic mass is 16.5. The molecule has 0 aliphatic carbocycles. The fourth-order valence-electron chi connectivity index (χ4n) is 1.83. The molecule has 1 atom stereocenters. The molecule has 1 aliphatic rings. The van der Waals surface area contributed by atoms with Gasteiger partial charge in [-0.15, -0.1) is 0 Å². The van der Waals surface area contributed by atoms with Crippen molar-refractivity contribution in [3.05, 3.63) is 84.0 Å². The van der Waals surface area contributed by atoms with Gasteiger partial charge in [0.25, 0.3) is 0 Å². The lowest BCUT2D eigenvalue weighted by Gasteiger charge is -2.00. The topological polar surface area (TPSA) is 94.8 Å². The smallest absolute Gasteiger partial charge is 0.202 e. The van der Waals surface area contributed by atoms with E-state index in [0.29, 0.717) is 0 Å². The maximum Gasteiger partial charge on any atom is 0.202 e. The Hall–Kier alpha value is -4.18. The molecule has 1 unspecified atom stereocenters. The van der Waals surface area contributed by atoms with Crippen molar-refractivity contribution in [2.24, 2.45) is 25.0 Å². The molecule has 0 fully saturated rings. The number of aliphatic imine (C=N–C) groups is 4. The molecule has 1 aromatic rings. The summed E-state index contributed by atoms with van der Waals surface area (Å²) in [6.07, 6.45) is 19.6. The van der Waals surface area contributed by atoms with Crippen molar-refractivity contribution in [1.29, 1.82) is 5.26 Å². The van der Waals surface area contributed by atoms with Crippen molar-refractivity contribution in [2.75, 3.05) is 0 Å². The first-order chi connectivity index (χ1) is 13.9. The van der Waals surface area contributed by atoms with Gasteiger partial charge in [0.2, 0.25) is 6.10 Å². The Balaban J connectivity index is 2.25. The molecule has 0 amide bonds. The summed E-state index contributed by atoms with van der Waals surface area (Å²) in [4.78, 5) is 20.5. The van der Waals surface area contributed by atoms with Crippen molar-refractivity contribution in [3.63, 3.8) is 0 Å². The van der Waals surface area contributed by atoms with Crippen LogP contribution in [-0.4, -0.2) is 31.1 Å². The minimum atomic E-state index is -0.719. The van der Waals surface area contributed by atoms with Crippen molar-refractivity contribution in [3.8, 4) is 6.07 Å². The molecular formula is C21H18N6O. The molecule has 2 rings (SSSR count). The highest BCUT2D eigenvalue weighted by molar-refractivity contribution is 6.16. The van der Waals surface area contributed by atoms with Gasteiger partial charge in [0.05, 0.1) is 11.6 Å². The maximum absolute atomic E-state index is 9.02. The van der Waals surface area contributed by atoms with Gasteiger partial charge in [0, 0.05) is 42.5 Å². The molecule has 28 heavy (non-hydrogen) atoms. The third-order valence-corrected chi connectivity index (χ3v) is 3.06. The van der Waals surface area contributed by atoms with Gasteiger partial charge in [-0.2, -0.15) is 5.26 Å². The summed E-state index contributed by atoms with van der Waals surface area (Å²) in [5, 5.41) is 10.7. The summed E-state index contributed by atoms with van der Waals surface area (Å²) in [6.45, 7) is 0. The average Bonchev–Trinajstić information content (AvgIpc) is 2.72. The van der Waals surface area contributed by atoms with E-state index >= 15 is 0 Å². The molecule has 0 spiro atoms. The molecule has 1 aromatic carbocycles. The Kier molecular flexibility index (Phi) is 9.41. The van der Waals surface area contributed by atoms with Crippen molar-refractivity contribution in [2.45, 2.75) is 6.10 Å². The molecule has 0 N–H and O–H groups in total. The quantitative estimate of drug-likeness (QED) is 0.700. The fraction of sp³-hybridized carbons (Fsp3) is 0.0476. The number of allylic oxidation sites excluding steroid dienone is 3. The van der Waals surface area contributed by atoms with Crippen LogP contribution in [0.1, 0.15) is 0 Å². The van der Waals surface area contributed by atoms with Gasteiger partial charge in [-0.1, -0.05) is 24.3 Å². The van der Waals surface area contributed by atoms with Gasteiger partial charge in [-0.05, 0) is 24.3 Å². The number of fused-ring (bicyclic) bond motifs is 1. The molecule has 7 nitrogen and oxygen atoms in total. The maximum atomic E-state index is 9.02. The Morgan fingerprint density at radius 2 is 1.75 bits per heavy atom. The van der Waals surface area contributed by atoms with E-state index in [2.05, 4.69) is 25.0 Å². The lowest BCUT2D eigenvalue weighted by Crippen LogP contribution is -2.23. The number of benzene rings is 1. The molecule has 1 heterocycles. The van der Waals surface area contributed by atoms with Crippen LogP contribution in [-0.2, 0) is 4.74 Å². The first-order valence-corrected chi connectivity index (χ1v) is 8.31. The van der Waals surface area contributed by atoms with Gasteiger partial charge in [0.15, 0.2) is 0 Å². The van der Waals surface area contributed by atoms with E-state index in [-0.39, 0.29) is 0 Å². The van der Waals surface area contributed by atoms with Crippen LogP contribution in [0, 0.1) is 11.3 Å². The van der Waals surface area contributed by atoms with E-state index in [1.165, 1.54) is 25.0 Å². The van der Waals surface area contributed by atoms with Crippen LogP contribution >= 0.6 is 0 Å². The third kappa shape index (κ3) is 8.27. The van der Waals surface area contributed by atoms with Crippen molar-refractivity contribution >= 4 is 31.2 Å². The van der Waals surface area contributed by atoms with Crippen molar-refractivity contribution in [1.82, 2.24) is 0 Å². The van der Waals surface area contributed by atoms with Gasteiger partial charge in [-0.3, -0.25) is 15.0 Å². The molecule has 0 aromatic heterocycles. The fourth-order valence-corrected chi connectivity index (χ4v) is 1.83. The largest absolute Gasteiger partial charge is 0.477 e. The van der Waals surface area contributed by atoms with Crippen LogP contribution in [0.2, 0.25) is 0 Å². The Morgan fingerprint density at radius 3 is 2.68 bits per heavy atom. The van der Waals surface area contributed by atoms with Crippen LogP contribution in [0.25, 0.3) is 6.20 Å². The van der Waals surface area contributed by atoms with E-state index in [4.69, 9.17) is 10.00 Å². The zero-order valence-electron chi connectivity index (χ0n) is 15.0. The highest BCUT2D eigenvalue weighted by Crippen LogP contribution is 1.95. The highest BCUT2D eigenvalue weighted by Gasteiger charge is 1.97. The summed E-state index contributed by atoms with van der Waals surface area (Å²) in [7, 11) is 0. The molecule has 0 saturated heterocycles. The summed E-state index contributed by atoms with van der Waals surface area (Å²) < 4.78 is 5.24.